The first-order valence-corrected chi connectivity index (χ1v) is 9.18. The Balaban J connectivity index is 2.36. The van der Waals surface area contributed by atoms with Crippen LogP contribution in [0.4, 0.5) is 0 Å². The average Bonchev–Trinajstić information content (AvgIpc) is 2.98. The van der Waals surface area contributed by atoms with Crippen molar-refractivity contribution in [3.05, 3.63) is 29.8 Å². The van der Waals surface area contributed by atoms with Crippen molar-refractivity contribution < 1.29 is 19.4 Å². The standard InChI is InChI=1S/C16H21NO4S2/c1-3-21-16(20)12-9-23-15(11-6-4-5-7-13(11)18)17(12)14(19)10(2)8-22/h4-7,10,12,15,18,22H,3,8-9H2,1-2H3. The molecule has 1 amide bonds. The minimum absolute atomic E-state index is 0.117. The van der Waals surface area contributed by atoms with Crippen molar-refractivity contribution in [3.63, 3.8) is 0 Å². The van der Waals surface area contributed by atoms with Gasteiger partial charge >= 0.3 is 5.97 Å². The predicted molar refractivity (Wildman–Crippen MR) is 93.6 cm³/mol. The van der Waals surface area contributed by atoms with Gasteiger partial charge in [-0.15, -0.1) is 11.8 Å². The Labute approximate surface area is 145 Å². The minimum atomic E-state index is -0.639. The lowest BCUT2D eigenvalue weighted by atomic mass is 10.1. The van der Waals surface area contributed by atoms with Crippen molar-refractivity contribution >= 4 is 36.3 Å². The number of esters is 1. The third-order valence-corrected chi connectivity index (χ3v) is 5.56. The van der Waals surface area contributed by atoms with Gasteiger partial charge in [0.1, 0.15) is 17.2 Å². The van der Waals surface area contributed by atoms with Gasteiger partial charge in [0, 0.05) is 23.0 Å². The van der Waals surface area contributed by atoms with E-state index in [1.807, 2.05) is 0 Å². The summed E-state index contributed by atoms with van der Waals surface area (Å²) in [5.74, 6) is 0.0772. The fourth-order valence-corrected chi connectivity index (χ4v) is 4.07. The van der Waals surface area contributed by atoms with Crippen LogP contribution in [-0.2, 0) is 14.3 Å². The zero-order valence-electron chi connectivity index (χ0n) is 13.1. The molecule has 126 valence electrons. The SMILES string of the molecule is CCOC(=O)C1CSC(c2ccccc2O)N1C(=O)C(C)CS. The Morgan fingerprint density at radius 3 is 2.78 bits per heavy atom. The van der Waals surface area contributed by atoms with E-state index in [1.165, 1.54) is 11.8 Å². The number of rotatable bonds is 5. The Morgan fingerprint density at radius 2 is 2.17 bits per heavy atom. The van der Waals surface area contributed by atoms with Gasteiger partial charge in [0.25, 0.3) is 0 Å². The monoisotopic (exact) mass is 355 g/mol. The Morgan fingerprint density at radius 1 is 1.48 bits per heavy atom. The third-order valence-electron chi connectivity index (χ3n) is 3.71. The molecule has 7 heteroatoms. The predicted octanol–water partition coefficient (Wildman–Crippen LogP) is 2.46. The summed E-state index contributed by atoms with van der Waals surface area (Å²) in [6.07, 6.45) is 0. The second kappa shape index (κ2) is 7.97. The van der Waals surface area contributed by atoms with E-state index in [0.29, 0.717) is 17.1 Å². The molecule has 0 aromatic heterocycles. The van der Waals surface area contributed by atoms with Crippen LogP contribution in [0, 0.1) is 5.92 Å². The van der Waals surface area contributed by atoms with Gasteiger partial charge in [-0.1, -0.05) is 25.1 Å². The van der Waals surface area contributed by atoms with Crippen molar-refractivity contribution in [3.8, 4) is 5.75 Å². The Hall–Kier alpha value is -1.34. The van der Waals surface area contributed by atoms with Crippen molar-refractivity contribution in [1.29, 1.82) is 0 Å². The van der Waals surface area contributed by atoms with Crippen molar-refractivity contribution in [2.75, 3.05) is 18.1 Å². The van der Waals surface area contributed by atoms with Crippen LogP contribution < -0.4 is 0 Å². The summed E-state index contributed by atoms with van der Waals surface area (Å²) in [6, 6.07) is 6.24. The van der Waals surface area contributed by atoms with E-state index in [0.717, 1.165) is 0 Å². The molecule has 3 atom stereocenters. The van der Waals surface area contributed by atoms with Crippen molar-refractivity contribution in [2.24, 2.45) is 5.92 Å². The van der Waals surface area contributed by atoms with Gasteiger partial charge in [0.15, 0.2) is 0 Å². The number of carbonyl (C=O) groups excluding carboxylic acids is 2. The molecule has 5 nitrogen and oxygen atoms in total. The topological polar surface area (TPSA) is 66.8 Å². The minimum Gasteiger partial charge on any atom is -0.508 e. The lowest BCUT2D eigenvalue weighted by Crippen LogP contribution is -2.46. The molecule has 1 aliphatic rings. The summed E-state index contributed by atoms with van der Waals surface area (Å²) in [5, 5.41) is 9.71. The lowest BCUT2D eigenvalue weighted by Gasteiger charge is -2.30. The third kappa shape index (κ3) is 3.77. The quantitative estimate of drug-likeness (QED) is 0.627. The maximum atomic E-state index is 12.8. The zero-order chi connectivity index (χ0) is 17.0. The summed E-state index contributed by atoms with van der Waals surface area (Å²) < 4.78 is 5.11. The number of aromatic hydroxyl groups is 1. The Kier molecular flexibility index (Phi) is 6.24. The molecule has 1 aromatic rings. The van der Waals surface area contributed by atoms with Crippen LogP contribution in [0.2, 0.25) is 0 Å². The van der Waals surface area contributed by atoms with Crippen LogP contribution in [0.5, 0.6) is 5.75 Å². The maximum absolute atomic E-state index is 12.8. The fraction of sp³-hybridized carbons (Fsp3) is 0.500. The molecule has 0 bridgehead atoms. The largest absolute Gasteiger partial charge is 0.508 e. The van der Waals surface area contributed by atoms with Gasteiger partial charge in [-0.05, 0) is 13.0 Å². The van der Waals surface area contributed by atoms with E-state index < -0.39 is 17.4 Å². The number of nitrogens with zero attached hydrogens (tertiary/aromatic N) is 1. The van der Waals surface area contributed by atoms with Gasteiger partial charge in [-0.25, -0.2) is 4.79 Å². The number of phenols is 1. The first-order chi connectivity index (χ1) is 11.0. The number of benzene rings is 1. The van der Waals surface area contributed by atoms with E-state index >= 15 is 0 Å². The smallest absolute Gasteiger partial charge is 0.329 e. The molecule has 1 fully saturated rings. The number of thiol groups is 1. The van der Waals surface area contributed by atoms with Crippen LogP contribution in [0.25, 0.3) is 0 Å². The highest BCUT2D eigenvalue weighted by molar-refractivity contribution is 7.99. The molecule has 0 saturated carbocycles. The first kappa shape index (κ1) is 18.0. The number of carbonyl (C=O) groups is 2. The second-order valence-electron chi connectivity index (χ2n) is 5.34. The molecule has 0 radical (unpaired) electrons. The number of phenolic OH excluding ortho intramolecular Hbond substituents is 1. The van der Waals surface area contributed by atoms with Crippen molar-refractivity contribution in [2.45, 2.75) is 25.3 Å². The maximum Gasteiger partial charge on any atom is 0.329 e. The molecule has 2 rings (SSSR count). The first-order valence-electron chi connectivity index (χ1n) is 7.50. The molecular formula is C16H21NO4S2. The van der Waals surface area contributed by atoms with E-state index in [4.69, 9.17) is 4.74 Å². The fourth-order valence-electron chi connectivity index (χ4n) is 2.46. The second-order valence-corrected chi connectivity index (χ2v) is 6.82. The van der Waals surface area contributed by atoms with Gasteiger partial charge < -0.3 is 14.7 Å². The van der Waals surface area contributed by atoms with E-state index in [1.54, 1.807) is 43.0 Å². The molecule has 23 heavy (non-hydrogen) atoms. The van der Waals surface area contributed by atoms with E-state index in [9.17, 15) is 14.7 Å². The van der Waals surface area contributed by atoms with Crippen LogP contribution in [0.15, 0.2) is 24.3 Å². The van der Waals surface area contributed by atoms with Crippen LogP contribution in [0.3, 0.4) is 0 Å². The normalized spacial score (nSPS) is 22.0. The zero-order valence-corrected chi connectivity index (χ0v) is 14.8. The van der Waals surface area contributed by atoms with Gasteiger partial charge in [0.05, 0.1) is 6.61 Å². The number of thioether (sulfide) groups is 1. The number of hydrogen-bond donors (Lipinski definition) is 2. The molecule has 0 aliphatic carbocycles. The lowest BCUT2D eigenvalue weighted by molar-refractivity contribution is -0.154. The highest BCUT2D eigenvalue weighted by atomic mass is 32.2. The van der Waals surface area contributed by atoms with Gasteiger partial charge in [-0.3, -0.25) is 4.79 Å². The van der Waals surface area contributed by atoms with Gasteiger partial charge in [-0.2, -0.15) is 12.6 Å². The number of hydrogen-bond acceptors (Lipinski definition) is 6. The number of ether oxygens (including phenoxy) is 1. The average molecular weight is 355 g/mol. The van der Waals surface area contributed by atoms with Crippen LogP contribution in [-0.4, -0.2) is 46.0 Å². The molecule has 3 unspecified atom stereocenters. The molecule has 1 heterocycles. The Bertz CT molecular complexity index is 581. The summed E-state index contributed by atoms with van der Waals surface area (Å²) >= 11 is 5.64. The summed E-state index contributed by atoms with van der Waals surface area (Å²) in [4.78, 5) is 26.5. The summed E-state index contributed by atoms with van der Waals surface area (Å²) in [6.45, 7) is 3.79. The summed E-state index contributed by atoms with van der Waals surface area (Å²) in [5.41, 5.74) is 0.629. The molecule has 1 N–H and O–H groups in total. The molecule has 1 aromatic carbocycles. The molecule has 1 saturated heterocycles. The highest BCUT2D eigenvalue weighted by Gasteiger charge is 2.44. The summed E-state index contributed by atoms with van der Waals surface area (Å²) in [7, 11) is 0. The molecular weight excluding hydrogens is 334 g/mol. The molecule has 0 spiro atoms. The highest BCUT2D eigenvalue weighted by Crippen LogP contribution is 2.45. The van der Waals surface area contributed by atoms with Crippen LogP contribution >= 0.6 is 24.4 Å². The van der Waals surface area contributed by atoms with Gasteiger partial charge in [0.2, 0.25) is 5.91 Å². The number of para-hydroxylation sites is 1. The number of amides is 1. The van der Waals surface area contributed by atoms with E-state index in [-0.39, 0.29) is 24.2 Å². The van der Waals surface area contributed by atoms with E-state index in [2.05, 4.69) is 12.6 Å². The van der Waals surface area contributed by atoms with Crippen LogP contribution in [0.1, 0.15) is 24.8 Å². The van der Waals surface area contributed by atoms with Crippen molar-refractivity contribution in [1.82, 2.24) is 4.90 Å². The molecule has 1 aliphatic heterocycles.